The highest BCUT2D eigenvalue weighted by molar-refractivity contribution is 9.10. The average Bonchev–Trinajstić information content (AvgIpc) is 2.95. The predicted octanol–water partition coefficient (Wildman–Crippen LogP) is 1.77. The van der Waals surface area contributed by atoms with E-state index in [-0.39, 0.29) is 17.5 Å². The quantitative estimate of drug-likeness (QED) is 0.879. The molecule has 1 saturated carbocycles. The molecule has 0 spiro atoms. The number of hydrogen-bond acceptors (Lipinski definition) is 3. The minimum atomic E-state index is -3.88. The summed E-state index contributed by atoms with van der Waals surface area (Å²) in [6.45, 7) is 1.37. The third-order valence-corrected chi connectivity index (χ3v) is 4.90. The average molecular weight is 338 g/mol. The van der Waals surface area contributed by atoms with E-state index in [0.29, 0.717) is 4.47 Å². The van der Waals surface area contributed by atoms with Gasteiger partial charge in [0.25, 0.3) is 0 Å². The van der Waals surface area contributed by atoms with E-state index in [1.54, 1.807) is 0 Å². The molecule has 0 saturated heterocycles. The largest absolute Gasteiger partial charge is 0.392 e. The van der Waals surface area contributed by atoms with Crippen molar-refractivity contribution in [2.45, 2.75) is 30.9 Å². The van der Waals surface area contributed by atoms with Gasteiger partial charge in [-0.25, -0.2) is 17.5 Å². The zero-order chi connectivity index (χ0) is 13.5. The highest BCUT2D eigenvalue weighted by atomic mass is 79.9. The van der Waals surface area contributed by atoms with Crippen molar-refractivity contribution in [2.75, 3.05) is 0 Å². The lowest BCUT2D eigenvalue weighted by Crippen LogP contribution is -2.28. The monoisotopic (exact) mass is 337 g/mol. The summed E-state index contributed by atoms with van der Waals surface area (Å²) in [5, 5.41) is 8.99. The van der Waals surface area contributed by atoms with E-state index >= 15 is 0 Å². The topological polar surface area (TPSA) is 66.4 Å². The second-order valence-corrected chi connectivity index (χ2v) is 7.07. The highest BCUT2D eigenvalue weighted by Gasteiger charge is 2.37. The Morgan fingerprint density at radius 3 is 2.67 bits per heavy atom. The van der Waals surface area contributed by atoms with Crippen LogP contribution >= 0.6 is 15.9 Å². The molecule has 1 aliphatic carbocycles. The summed E-state index contributed by atoms with van der Waals surface area (Å²) in [5.41, 5.74) is -0.0476. The van der Waals surface area contributed by atoms with E-state index < -0.39 is 27.3 Å². The Kier molecular flexibility index (Phi) is 3.77. The molecule has 2 unspecified atom stereocenters. The number of hydrogen-bond donors (Lipinski definition) is 2. The number of nitrogens with one attached hydrogen (secondary N) is 1. The van der Waals surface area contributed by atoms with Crippen LogP contribution in [0.1, 0.15) is 18.9 Å². The van der Waals surface area contributed by atoms with Gasteiger partial charge < -0.3 is 5.11 Å². The molecule has 2 N–H and O–H groups in total. The van der Waals surface area contributed by atoms with Gasteiger partial charge in [-0.15, -0.1) is 0 Å². The van der Waals surface area contributed by atoms with Crippen LogP contribution in [-0.4, -0.2) is 19.6 Å². The van der Waals surface area contributed by atoms with E-state index in [1.165, 1.54) is 12.1 Å². The molecule has 100 valence electrons. The predicted molar refractivity (Wildman–Crippen MR) is 67.9 cm³/mol. The summed E-state index contributed by atoms with van der Waals surface area (Å²) >= 11 is 3.10. The maximum Gasteiger partial charge on any atom is 0.243 e. The molecule has 0 aliphatic heterocycles. The van der Waals surface area contributed by atoms with Crippen LogP contribution in [0.3, 0.4) is 0 Å². The Bertz CT molecular complexity index is 576. The number of halogens is 2. The molecule has 2 atom stereocenters. The van der Waals surface area contributed by atoms with Crippen molar-refractivity contribution in [2.24, 2.45) is 5.92 Å². The lowest BCUT2D eigenvalue weighted by atomic mass is 10.2. The summed E-state index contributed by atoms with van der Waals surface area (Å²) < 4.78 is 40.8. The molecular formula is C11H13BrFNO3S. The van der Waals surface area contributed by atoms with Gasteiger partial charge in [0, 0.05) is 16.1 Å². The van der Waals surface area contributed by atoms with E-state index in [1.807, 2.05) is 6.92 Å². The number of aliphatic hydroxyl groups excluding tert-OH is 1. The normalized spacial score (nSPS) is 23.1. The first kappa shape index (κ1) is 13.9. The van der Waals surface area contributed by atoms with Crippen molar-refractivity contribution in [1.82, 2.24) is 4.72 Å². The first-order chi connectivity index (χ1) is 8.35. The molecule has 2 rings (SSSR count). The Labute approximate surface area is 113 Å². The first-order valence-corrected chi connectivity index (χ1v) is 7.74. The van der Waals surface area contributed by atoms with Gasteiger partial charge in [-0.05, 0) is 24.5 Å². The summed E-state index contributed by atoms with van der Waals surface area (Å²) in [6.07, 6.45) is 0.766. The number of rotatable bonds is 4. The number of aliphatic hydroxyl groups is 1. The molecule has 0 aromatic heterocycles. The second kappa shape index (κ2) is 4.88. The van der Waals surface area contributed by atoms with Gasteiger partial charge in [0.05, 0.1) is 6.61 Å². The van der Waals surface area contributed by atoms with Crippen molar-refractivity contribution in [3.63, 3.8) is 0 Å². The Balaban J connectivity index is 2.40. The maximum atomic E-state index is 13.9. The van der Waals surface area contributed by atoms with Crippen LogP contribution in [0, 0.1) is 11.7 Å². The molecule has 18 heavy (non-hydrogen) atoms. The summed E-state index contributed by atoms with van der Waals surface area (Å²) in [4.78, 5) is -0.431. The SMILES string of the molecule is CC1CC1NS(=O)(=O)c1cc(Br)cc(CO)c1F. The van der Waals surface area contributed by atoms with Crippen LogP contribution in [0.4, 0.5) is 4.39 Å². The van der Waals surface area contributed by atoms with Gasteiger partial charge in [-0.2, -0.15) is 0 Å². The molecule has 1 aromatic carbocycles. The Hall–Kier alpha value is -0.500. The molecule has 0 heterocycles. The summed E-state index contributed by atoms with van der Waals surface area (Å²) in [7, 11) is -3.88. The zero-order valence-corrected chi connectivity index (χ0v) is 12.1. The van der Waals surface area contributed by atoms with E-state index in [9.17, 15) is 12.8 Å². The van der Waals surface area contributed by atoms with E-state index in [2.05, 4.69) is 20.7 Å². The fourth-order valence-electron chi connectivity index (χ4n) is 1.68. The lowest BCUT2D eigenvalue weighted by Gasteiger charge is -2.10. The van der Waals surface area contributed by atoms with Gasteiger partial charge in [0.2, 0.25) is 10.0 Å². The smallest absolute Gasteiger partial charge is 0.243 e. The van der Waals surface area contributed by atoms with E-state index in [0.717, 1.165) is 6.42 Å². The first-order valence-electron chi connectivity index (χ1n) is 5.46. The van der Waals surface area contributed by atoms with Crippen molar-refractivity contribution in [3.05, 3.63) is 28.0 Å². The molecular weight excluding hydrogens is 325 g/mol. The highest BCUT2D eigenvalue weighted by Crippen LogP contribution is 2.32. The van der Waals surface area contributed by atoms with Crippen molar-refractivity contribution in [3.8, 4) is 0 Å². The van der Waals surface area contributed by atoms with Crippen LogP contribution < -0.4 is 4.72 Å². The van der Waals surface area contributed by atoms with Crippen LogP contribution in [0.25, 0.3) is 0 Å². The second-order valence-electron chi connectivity index (χ2n) is 4.48. The minimum absolute atomic E-state index is 0.0476. The van der Waals surface area contributed by atoms with Gasteiger partial charge in [-0.3, -0.25) is 0 Å². The molecule has 0 radical (unpaired) electrons. The fraction of sp³-hybridized carbons (Fsp3) is 0.455. The van der Waals surface area contributed by atoms with E-state index in [4.69, 9.17) is 5.11 Å². The third-order valence-electron chi connectivity index (χ3n) is 2.96. The maximum absolute atomic E-state index is 13.9. The Morgan fingerprint density at radius 2 is 2.17 bits per heavy atom. The van der Waals surface area contributed by atoms with Crippen LogP contribution in [0.5, 0.6) is 0 Å². The molecule has 0 amide bonds. The summed E-state index contributed by atoms with van der Waals surface area (Å²) in [6, 6.07) is 2.43. The van der Waals surface area contributed by atoms with Gasteiger partial charge in [-0.1, -0.05) is 22.9 Å². The van der Waals surface area contributed by atoms with Crippen molar-refractivity contribution >= 4 is 26.0 Å². The Morgan fingerprint density at radius 1 is 1.56 bits per heavy atom. The third kappa shape index (κ3) is 2.74. The van der Waals surface area contributed by atoms with Crippen LogP contribution in [-0.2, 0) is 16.6 Å². The van der Waals surface area contributed by atoms with Crippen molar-refractivity contribution < 1.29 is 17.9 Å². The number of benzene rings is 1. The molecule has 0 bridgehead atoms. The molecule has 1 aromatic rings. The molecule has 4 nitrogen and oxygen atoms in total. The number of sulfonamides is 1. The zero-order valence-electron chi connectivity index (χ0n) is 9.65. The molecule has 7 heteroatoms. The summed E-state index contributed by atoms with van der Waals surface area (Å²) in [5.74, 6) is -0.617. The van der Waals surface area contributed by atoms with Gasteiger partial charge >= 0.3 is 0 Å². The molecule has 1 aliphatic rings. The standard InChI is InChI=1S/C11H13BrFNO3S/c1-6-2-9(6)14-18(16,17)10-4-8(12)3-7(5-15)11(10)13/h3-4,6,9,14-15H,2,5H2,1H3. The lowest BCUT2D eigenvalue weighted by molar-refractivity contribution is 0.274. The van der Waals surface area contributed by atoms with Crippen molar-refractivity contribution in [1.29, 1.82) is 0 Å². The van der Waals surface area contributed by atoms with Crippen LogP contribution in [0.2, 0.25) is 0 Å². The van der Waals surface area contributed by atoms with Gasteiger partial charge in [0.1, 0.15) is 10.7 Å². The van der Waals surface area contributed by atoms with Gasteiger partial charge in [0.15, 0.2) is 0 Å². The fourth-order valence-corrected chi connectivity index (χ4v) is 3.84. The van der Waals surface area contributed by atoms with Crippen LogP contribution in [0.15, 0.2) is 21.5 Å². The minimum Gasteiger partial charge on any atom is -0.392 e. The molecule has 1 fully saturated rings.